The van der Waals surface area contributed by atoms with Crippen molar-refractivity contribution in [2.45, 2.75) is 84.1 Å². The normalized spacial score (nSPS) is 10.5. The number of pyridine rings is 1. The van der Waals surface area contributed by atoms with E-state index >= 15 is 0 Å². The van der Waals surface area contributed by atoms with Crippen LogP contribution in [-0.2, 0) is 13.0 Å². The van der Waals surface area contributed by atoms with Gasteiger partial charge in [-0.05, 0) is 24.8 Å². The van der Waals surface area contributed by atoms with Crippen molar-refractivity contribution in [1.82, 2.24) is 0 Å². The molecule has 0 aliphatic rings. The van der Waals surface area contributed by atoms with Gasteiger partial charge in [-0.3, -0.25) is 0 Å². The van der Waals surface area contributed by atoms with Crippen LogP contribution in [0, 0.1) is 0 Å². The van der Waals surface area contributed by atoms with Crippen LogP contribution < -0.4 is 17.0 Å². The first-order chi connectivity index (χ1) is 10.4. The molecule has 0 fully saturated rings. The Labute approximate surface area is 143 Å². The Balaban J connectivity index is 0.00000441. The molecule has 0 atom stereocenters. The van der Waals surface area contributed by atoms with E-state index in [1.54, 1.807) is 0 Å². The average Bonchev–Trinajstić information content (AvgIpc) is 2.53. The highest BCUT2D eigenvalue weighted by molar-refractivity contribution is 5.06. The molecule has 0 saturated heterocycles. The summed E-state index contributed by atoms with van der Waals surface area (Å²) in [5, 5.41) is 8.70. The van der Waals surface area contributed by atoms with Crippen molar-refractivity contribution >= 4 is 0 Å². The second-order valence-electron chi connectivity index (χ2n) is 6.06. The number of aryl methyl sites for hydroxylation is 2. The number of nitrogens with zero attached hydrogens (tertiary/aromatic N) is 1. The van der Waals surface area contributed by atoms with E-state index < -0.39 is 0 Å². The summed E-state index contributed by atoms with van der Waals surface area (Å²) in [6.45, 7) is 3.72. The van der Waals surface area contributed by atoms with Gasteiger partial charge in [0.1, 0.15) is 6.54 Å². The molecule has 1 heterocycles. The summed E-state index contributed by atoms with van der Waals surface area (Å²) in [6, 6.07) is 4.47. The fraction of sp³-hybridized carbons (Fsp3) is 0.737. The second kappa shape index (κ2) is 15.3. The zero-order chi connectivity index (χ0) is 15.2. The van der Waals surface area contributed by atoms with Crippen molar-refractivity contribution in [3.05, 3.63) is 30.1 Å². The van der Waals surface area contributed by atoms with Gasteiger partial charge in [-0.1, -0.05) is 51.9 Å². The van der Waals surface area contributed by atoms with E-state index in [1.807, 2.05) is 0 Å². The van der Waals surface area contributed by atoms with Crippen molar-refractivity contribution in [2.75, 3.05) is 6.61 Å². The summed E-state index contributed by atoms with van der Waals surface area (Å²) in [5.41, 5.74) is 1.42. The van der Waals surface area contributed by atoms with Crippen molar-refractivity contribution < 1.29 is 22.1 Å². The lowest BCUT2D eigenvalue weighted by molar-refractivity contribution is -0.697. The van der Waals surface area contributed by atoms with Gasteiger partial charge in [0.2, 0.25) is 0 Å². The van der Waals surface area contributed by atoms with Crippen molar-refractivity contribution in [3.63, 3.8) is 0 Å². The van der Waals surface area contributed by atoms with Gasteiger partial charge in [0, 0.05) is 25.2 Å². The van der Waals surface area contributed by atoms with Gasteiger partial charge in [-0.25, -0.2) is 4.57 Å². The highest BCUT2D eigenvalue weighted by atomic mass is 35.5. The molecule has 22 heavy (non-hydrogen) atoms. The maximum absolute atomic E-state index is 8.70. The molecule has 1 rings (SSSR count). The Morgan fingerprint density at radius 2 is 1.23 bits per heavy atom. The van der Waals surface area contributed by atoms with E-state index in [4.69, 9.17) is 5.11 Å². The summed E-state index contributed by atoms with van der Waals surface area (Å²) in [7, 11) is 0. The van der Waals surface area contributed by atoms with Gasteiger partial charge in [0.25, 0.3) is 0 Å². The minimum atomic E-state index is 0. The Hall–Kier alpha value is -0.600. The van der Waals surface area contributed by atoms with Crippen LogP contribution >= 0.6 is 0 Å². The molecule has 1 N–H and O–H groups in total. The zero-order valence-corrected chi connectivity index (χ0v) is 15.0. The van der Waals surface area contributed by atoms with Gasteiger partial charge in [-0.2, -0.15) is 0 Å². The fourth-order valence-electron chi connectivity index (χ4n) is 2.69. The molecule has 0 spiro atoms. The fourth-order valence-corrected chi connectivity index (χ4v) is 2.69. The van der Waals surface area contributed by atoms with E-state index in [9.17, 15) is 0 Å². The predicted octanol–water partition coefficient (Wildman–Crippen LogP) is 1.43. The lowest BCUT2D eigenvalue weighted by Gasteiger charge is -2.02. The number of aliphatic hydroxyl groups excluding tert-OH is 1. The van der Waals surface area contributed by atoms with Crippen molar-refractivity contribution in [2.24, 2.45) is 0 Å². The van der Waals surface area contributed by atoms with E-state index in [0.29, 0.717) is 6.61 Å². The third-order valence-corrected chi connectivity index (χ3v) is 4.19. The maximum atomic E-state index is 8.70. The number of halogens is 1. The van der Waals surface area contributed by atoms with Crippen LogP contribution in [0.1, 0.15) is 76.7 Å². The molecule has 1 aromatic heterocycles. The minimum Gasteiger partial charge on any atom is -1.00 e. The van der Waals surface area contributed by atoms with Crippen LogP contribution in [0.25, 0.3) is 0 Å². The van der Waals surface area contributed by atoms with Gasteiger partial charge >= 0.3 is 0 Å². The molecule has 2 nitrogen and oxygen atoms in total. The lowest BCUT2D eigenvalue weighted by atomic mass is 10.1. The Morgan fingerprint density at radius 3 is 1.68 bits per heavy atom. The SMILES string of the molecule is CCc1cc[n+](CCCCCCCCCCCCO)cc1.[Cl-]. The van der Waals surface area contributed by atoms with E-state index in [0.717, 1.165) is 19.4 Å². The van der Waals surface area contributed by atoms with Crippen LogP contribution in [0.5, 0.6) is 0 Å². The number of aliphatic hydroxyl groups is 1. The van der Waals surface area contributed by atoms with Gasteiger partial charge < -0.3 is 17.5 Å². The van der Waals surface area contributed by atoms with Gasteiger partial charge in [0.05, 0.1) is 0 Å². The molecular weight excluding hydrogens is 294 g/mol. The first-order valence-corrected chi connectivity index (χ1v) is 8.95. The summed E-state index contributed by atoms with van der Waals surface area (Å²) in [5.74, 6) is 0. The smallest absolute Gasteiger partial charge is 0.169 e. The standard InChI is InChI=1S/C19H34NO.ClH/c1-2-19-13-16-20(17-14-19)15-11-9-7-5-3-4-6-8-10-12-18-21;/h13-14,16-17,21H,2-12,15,18H2,1H3;1H/q+1;/p-1. The molecule has 0 aliphatic heterocycles. The van der Waals surface area contributed by atoms with Crippen LogP contribution in [-0.4, -0.2) is 11.7 Å². The number of hydrogen-bond acceptors (Lipinski definition) is 1. The Morgan fingerprint density at radius 1 is 0.773 bits per heavy atom. The molecule has 3 heteroatoms. The topological polar surface area (TPSA) is 24.1 Å². The molecule has 0 radical (unpaired) electrons. The minimum absolute atomic E-state index is 0. The summed E-state index contributed by atoms with van der Waals surface area (Å²) in [6.07, 6.45) is 18.6. The van der Waals surface area contributed by atoms with Gasteiger partial charge in [-0.15, -0.1) is 0 Å². The van der Waals surface area contributed by atoms with Gasteiger partial charge in [0.15, 0.2) is 12.4 Å². The van der Waals surface area contributed by atoms with E-state index in [1.165, 1.54) is 63.4 Å². The monoisotopic (exact) mass is 327 g/mol. The first-order valence-electron chi connectivity index (χ1n) is 8.95. The van der Waals surface area contributed by atoms with Crippen LogP contribution in [0.4, 0.5) is 0 Å². The quantitative estimate of drug-likeness (QED) is 0.430. The molecule has 0 unspecified atom stereocenters. The van der Waals surface area contributed by atoms with E-state index in [2.05, 4.69) is 36.0 Å². The molecule has 0 bridgehead atoms. The van der Waals surface area contributed by atoms with Crippen molar-refractivity contribution in [1.29, 1.82) is 0 Å². The first kappa shape index (κ1) is 21.4. The zero-order valence-electron chi connectivity index (χ0n) is 14.3. The summed E-state index contributed by atoms with van der Waals surface area (Å²) < 4.78 is 2.31. The second-order valence-corrected chi connectivity index (χ2v) is 6.06. The van der Waals surface area contributed by atoms with Crippen LogP contribution in [0.15, 0.2) is 24.5 Å². The highest BCUT2D eigenvalue weighted by Crippen LogP contribution is 2.10. The molecular formula is C19H34ClNO. The lowest BCUT2D eigenvalue weighted by Crippen LogP contribution is -3.00. The highest BCUT2D eigenvalue weighted by Gasteiger charge is 2.00. The molecule has 0 saturated carbocycles. The van der Waals surface area contributed by atoms with Crippen LogP contribution in [0.2, 0.25) is 0 Å². The number of aromatic nitrogens is 1. The molecule has 0 aromatic carbocycles. The molecule has 0 amide bonds. The average molecular weight is 328 g/mol. The third-order valence-electron chi connectivity index (χ3n) is 4.19. The summed E-state index contributed by atoms with van der Waals surface area (Å²) in [4.78, 5) is 0. The largest absolute Gasteiger partial charge is 1.00 e. The summed E-state index contributed by atoms with van der Waals surface area (Å²) >= 11 is 0. The number of hydrogen-bond donors (Lipinski definition) is 1. The molecule has 0 aliphatic carbocycles. The number of rotatable bonds is 13. The van der Waals surface area contributed by atoms with Crippen molar-refractivity contribution in [3.8, 4) is 0 Å². The third kappa shape index (κ3) is 11.0. The molecule has 128 valence electrons. The number of unbranched alkanes of at least 4 members (excludes halogenated alkanes) is 9. The molecule has 1 aromatic rings. The predicted molar refractivity (Wildman–Crippen MR) is 89.3 cm³/mol. The van der Waals surface area contributed by atoms with E-state index in [-0.39, 0.29) is 12.4 Å². The van der Waals surface area contributed by atoms with Crippen LogP contribution in [0.3, 0.4) is 0 Å². The maximum Gasteiger partial charge on any atom is 0.169 e. The Kier molecular flexibility index (Phi) is 14.9. The Bertz CT molecular complexity index is 340.